The molecule has 2 aromatic carbocycles. The predicted molar refractivity (Wildman–Crippen MR) is 112 cm³/mol. The molecule has 0 saturated carbocycles. The number of carbonyl (C=O) groups excluding carboxylic acids is 2. The topological polar surface area (TPSA) is 79.9 Å². The molecule has 1 aliphatic heterocycles. The van der Waals surface area contributed by atoms with Crippen LogP contribution in [0, 0.1) is 0 Å². The number of likely N-dealkylation sites (N-methyl/N-ethyl adjacent to an activating group) is 1. The highest BCUT2D eigenvalue weighted by Crippen LogP contribution is 2.41. The van der Waals surface area contributed by atoms with Crippen LogP contribution in [0.5, 0.6) is 0 Å². The first-order chi connectivity index (χ1) is 13.4. The van der Waals surface area contributed by atoms with Crippen LogP contribution in [0.4, 0.5) is 17.1 Å². The number of quaternary nitrogens is 1. The zero-order valence-electron chi connectivity index (χ0n) is 16.6. The van der Waals surface area contributed by atoms with Crippen LogP contribution in [0.1, 0.15) is 45.7 Å². The molecule has 6 heteroatoms. The SMILES string of the molecule is CC(C)Nc1cc(N2CC[NH+](C)CC2)c(N)c2c1C(=O)c1ccccc1C2=O. The van der Waals surface area contributed by atoms with Gasteiger partial charge in [0.25, 0.3) is 0 Å². The third-order valence-corrected chi connectivity index (χ3v) is 5.62. The summed E-state index contributed by atoms with van der Waals surface area (Å²) in [6.07, 6.45) is 0. The fourth-order valence-corrected chi connectivity index (χ4v) is 4.12. The van der Waals surface area contributed by atoms with Gasteiger partial charge in [0.1, 0.15) is 0 Å². The number of rotatable bonds is 3. The van der Waals surface area contributed by atoms with Gasteiger partial charge in [0.15, 0.2) is 11.6 Å². The van der Waals surface area contributed by atoms with E-state index in [0.717, 1.165) is 31.9 Å². The second-order valence-electron chi connectivity index (χ2n) is 8.05. The van der Waals surface area contributed by atoms with Gasteiger partial charge in [0.2, 0.25) is 0 Å². The molecule has 4 N–H and O–H groups in total. The molecule has 2 aromatic rings. The quantitative estimate of drug-likeness (QED) is 0.596. The third-order valence-electron chi connectivity index (χ3n) is 5.62. The summed E-state index contributed by atoms with van der Waals surface area (Å²) in [5.41, 5.74) is 10.1. The van der Waals surface area contributed by atoms with E-state index in [4.69, 9.17) is 5.73 Å². The first-order valence-electron chi connectivity index (χ1n) is 9.86. The maximum absolute atomic E-state index is 13.3. The van der Waals surface area contributed by atoms with Crippen molar-refractivity contribution in [3.63, 3.8) is 0 Å². The van der Waals surface area contributed by atoms with Crippen LogP contribution >= 0.6 is 0 Å². The van der Waals surface area contributed by atoms with Crippen molar-refractivity contribution in [2.75, 3.05) is 49.2 Å². The maximum atomic E-state index is 13.3. The Hall–Kier alpha value is -2.86. The zero-order chi connectivity index (χ0) is 20.0. The van der Waals surface area contributed by atoms with Crippen molar-refractivity contribution in [2.24, 2.45) is 0 Å². The number of nitrogens with zero attached hydrogens (tertiary/aromatic N) is 1. The number of ketones is 2. The second kappa shape index (κ2) is 6.95. The van der Waals surface area contributed by atoms with Crippen molar-refractivity contribution in [1.82, 2.24) is 0 Å². The molecule has 0 aromatic heterocycles. The van der Waals surface area contributed by atoms with Gasteiger partial charge < -0.3 is 20.9 Å². The molecule has 0 atom stereocenters. The molecule has 2 aliphatic rings. The molecule has 6 nitrogen and oxygen atoms in total. The average molecular weight is 379 g/mol. The van der Waals surface area contributed by atoms with Crippen LogP contribution in [-0.2, 0) is 0 Å². The van der Waals surface area contributed by atoms with Crippen LogP contribution in [0.25, 0.3) is 0 Å². The number of fused-ring (bicyclic) bond motifs is 2. The maximum Gasteiger partial charge on any atom is 0.196 e. The van der Waals surface area contributed by atoms with Crippen LogP contribution in [0.15, 0.2) is 30.3 Å². The van der Waals surface area contributed by atoms with Crippen molar-refractivity contribution in [1.29, 1.82) is 0 Å². The number of benzene rings is 2. The average Bonchev–Trinajstić information content (AvgIpc) is 2.67. The molecule has 0 bridgehead atoms. The molecule has 4 rings (SSSR count). The van der Waals surface area contributed by atoms with Gasteiger partial charge in [-0.25, -0.2) is 0 Å². The molecular formula is C22H27N4O2+. The minimum absolute atomic E-state index is 0.123. The van der Waals surface area contributed by atoms with Gasteiger partial charge in [-0.1, -0.05) is 24.3 Å². The Kier molecular flexibility index (Phi) is 4.59. The minimum atomic E-state index is -0.170. The summed E-state index contributed by atoms with van der Waals surface area (Å²) in [7, 11) is 2.18. The van der Waals surface area contributed by atoms with Crippen molar-refractivity contribution in [3.8, 4) is 0 Å². The Labute approximate surface area is 165 Å². The molecule has 0 amide bonds. The van der Waals surface area contributed by atoms with E-state index in [0.29, 0.717) is 33.6 Å². The summed E-state index contributed by atoms with van der Waals surface area (Å²) in [4.78, 5) is 30.3. The lowest BCUT2D eigenvalue weighted by Crippen LogP contribution is -3.12. The Morgan fingerprint density at radius 1 is 1.04 bits per heavy atom. The number of nitrogen functional groups attached to an aromatic ring is 1. The largest absolute Gasteiger partial charge is 0.396 e. The molecular weight excluding hydrogens is 352 g/mol. The van der Waals surface area contributed by atoms with E-state index in [2.05, 4.69) is 17.3 Å². The van der Waals surface area contributed by atoms with Crippen molar-refractivity contribution in [3.05, 3.63) is 52.6 Å². The highest BCUT2D eigenvalue weighted by atomic mass is 16.1. The fraction of sp³-hybridized carbons (Fsp3) is 0.364. The van der Waals surface area contributed by atoms with Gasteiger partial charge in [-0.15, -0.1) is 0 Å². The number of piperazine rings is 1. The summed E-state index contributed by atoms with van der Waals surface area (Å²) in [6, 6.07) is 9.07. The summed E-state index contributed by atoms with van der Waals surface area (Å²) in [5.74, 6) is -0.314. The van der Waals surface area contributed by atoms with E-state index in [-0.39, 0.29) is 17.6 Å². The summed E-state index contributed by atoms with van der Waals surface area (Å²) >= 11 is 0. The van der Waals surface area contributed by atoms with Gasteiger partial charge >= 0.3 is 0 Å². The highest BCUT2D eigenvalue weighted by molar-refractivity contribution is 6.32. The van der Waals surface area contributed by atoms with Crippen LogP contribution in [0.2, 0.25) is 0 Å². The van der Waals surface area contributed by atoms with Crippen molar-refractivity contribution < 1.29 is 14.5 Å². The van der Waals surface area contributed by atoms with Gasteiger partial charge in [-0.3, -0.25) is 9.59 Å². The number of carbonyl (C=O) groups is 2. The highest BCUT2D eigenvalue weighted by Gasteiger charge is 2.35. The normalized spacial score (nSPS) is 16.9. The zero-order valence-corrected chi connectivity index (χ0v) is 16.6. The summed E-state index contributed by atoms with van der Waals surface area (Å²) in [6.45, 7) is 7.80. The predicted octanol–water partition coefficient (Wildman–Crippen LogP) is 1.20. The van der Waals surface area contributed by atoms with Gasteiger partial charge in [0, 0.05) is 22.9 Å². The summed E-state index contributed by atoms with van der Waals surface area (Å²) in [5, 5.41) is 3.37. The molecule has 1 heterocycles. The van der Waals surface area contributed by atoms with E-state index in [1.807, 2.05) is 19.9 Å². The van der Waals surface area contributed by atoms with Crippen LogP contribution in [-0.4, -0.2) is 50.8 Å². The monoisotopic (exact) mass is 379 g/mol. The van der Waals surface area contributed by atoms with Gasteiger partial charge in [-0.05, 0) is 19.9 Å². The summed E-state index contributed by atoms with van der Waals surface area (Å²) < 4.78 is 0. The molecule has 146 valence electrons. The van der Waals surface area contributed by atoms with Crippen molar-refractivity contribution in [2.45, 2.75) is 19.9 Å². The van der Waals surface area contributed by atoms with E-state index in [1.54, 1.807) is 24.3 Å². The lowest BCUT2D eigenvalue weighted by atomic mass is 9.81. The molecule has 1 aliphatic carbocycles. The first-order valence-corrected chi connectivity index (χ1v) is 9.86. The molecule has 1 saturated heterocycles. The molecule has 0 radical (unpaired) electrons. The van der Waals surface area contributed by atoms with Crippen molar-refractivity contribution >= 4 is 28.6 Å². The number of hydrogen-bond donors (Lipinski definition) is 3. The number of nitrogens with one attached hydrogen (secondary N) is 2. The van der Waals surface area contributed by atoms with E-state index < -0.39 is 0 Å². The number of anilines is 3. The Bertz CT molecular complexity index is 959. The number of nitrogens with two attached hydrogens (primary N) is 1. The Morgan fingerprint density at radius 2 is 1.61 bits per heavy atom. The Morgan fingerprint density at radius 3 is 2.18 bits per heavy atom. The fourth-order valence-electron chi connectivity index (χ4n) is 4.12. The standard InChI is InChI=1S/C22H26N4O2/c1-13(2)24-16-12-17(26-10-8-25(3)9-11-26)20(23)19-18(16)21(27)14-6-4-5-7-15(14)22(19)28/h4-7,12-13,24H,8-11,23H2,1-3H3/p+1. The number of hydrogen-bond acceptors (Lipinski definition) is 5. The minimum Gasteiger partial charge on any atom is -0.396 e. The molecule has 0 unspecified atom stereocenters. The van der Waals surface area contributed by atoms with E-state index >= 15 is 0 Å². The molecule has 1 fully saturated rings. The smallest absolute Gasteiger partial charge is 0.196 e. The van der Waals surface area contributed by atoms with E-state index in [9.17, 15) is 9.59 Å². The van der Waals surface area contributed by atoms with Crippen LogP contribution < -0.4 is 20.9 Å². The van der Waals surface area contributed by atoms with Gasteiger partial charge in [-0.2, -0.15) is 0 Å². The Balaban J connectivity index is 1.91. The lowest BCUT2D eigenvalue weighted by molar-refractivity contribution is -0.880. The van der Waals surface area contributed by atoms with E-state index in [1.165, 1.54) is 4.90 Å². The van der Waals surface area contributed by atoms with Gasteiger partial charge in [0.05, 0.1) is 55.7 Å². The second-order valence-corrected chi connectivity index (χ2v) is 8.05. The first kappa shape index (κ1) is 18.5. The molecule has 28 heavy (non-hydrogen) atoms. The third kappa shape index (κ3) is 2.94. The van der Waals surface area contributed by atoms with Crippen LogP contribution in [0.3, 0.4) is 0 Å². The molecule has 0 spiro atoms. The lowest BCUT2D eigenvalue weighted by Gasteiger charge is -2.34.